The fourth-order valence-electron chi connectivity index (χ4n) is 0.609. The quantitative estimate of drug-likeness (QED) is 0.277. The van der Waals surface area contributed by atoms with E-state index in [1.54, 1.807) is 0 Å². The number of hydrogen-bond donors (Lipinski definition) is 2. The highest BCUT2D eigenvalue weighted by Crippen LogP contribution is 2.01. The van der Waals surface area contributed by atoms with E-state index in [1.165, 1.54) is 0 Å². The van der Waals surface area contributed by atoms with E-state index in [4.69, 9.17) is 10.2 Å². The van der Waals surface area contributed by atoms with E-state index < -0.39 is 35.9 Å². The Labute approximate surface area is 84.0 Å². The minimum absolute atomic E-state index is 0.223. The summed E-state index contributed by atoms with van der Waals surface area (Å²) >= 11 is 0. The lowest BCUT2D eigenvalue weighted by molar-refractivity contribution is -0.149. The van der Waals surface area contributed by atoms with E-state index in [0.717, 1.165) is 6.92 Å². The van der Waals surface area contributed by atoms with Crippen LogP contribution < -0.4 is 0 Å². The Balaban J connectivity index is 4.57. The summed E-state index contributed by atoms with van der Waals surface area (Å²) in [5.41, 5.74) is 0. The lowest BCUT2D eigenvalue weighted by atomic mass is 10.3. The highest BCUT2D eigenvalue weighted by atomic mass is 16.6. The van der Waals surface area contributed by atoms with Crippen LogP contribution in [0.1, 0.15) is 13.3 Å². The first kappa shape index (κ1) is 12.8. The van der Waals surface area contributed by atoms with Crippen LogP contribution >= 0.6 is 0 Å². The third kappa shape index (κ3) is 5.97. The van der Waals surface area contributed by atoms with E-state index in [1.807, 2.05) is 0 Å². The van der Waals surface area contributed by atoms with Gasteiger partial charge < -0.3 is 14.9 Å². The molecule has 0 spiro atoms. The van der Waals surface area contributed by atoms with Crippen LogP contribution in [0, 0.1) is 0 Å². The number of carbonyl (C=O) groups excluding carboxylic acids is 2. The van der Waals surface area contributed by atoms with Gasteiger partial charge in [0, 0.05) is 0 Å². The second-order valence-electron chi connectivity index (χ2n) is 2.50. The Bertz CT molecular complexity index is 339. The van der Waals surface area contributed by atoms with Crippen molar-refractivity contribution in [2.45, 2.75) is 13.3 Å². The van der Waals surface area contributed by atoms with E-state index in [0.29, 0.717) is 0 Å². The van der Waals surface area contributed by atoms with Crippen LogP contribution in [0.25, 0.3) is 0 Å². The van der Waals surface area contributed by atoms with Crippen molar-refractivity contribution < 1.29 is 34.1 Å². The van der Waals surface area contributed by atoms with Crippen LogP contribution in [-0.4, -0.2) is 33.9 Å². The average molecular weight is 216 g/mol. The lowest BCUT2D eigenvalue weighted by Gasteiger charge is -2.01. The van der Waals surface area contributed by atoms with E-state index >= 15 is 0 Å². The molecule has 0 atom stereocenters. The van der Waals surface area contributed by atoms with Gasteiger partial charge in [-0.05, 0) is 6.92 Å². The summed E-state index contributed by atoms with van der Waals surface area (Å²) in [5.74, 6) is -5.93. The van der Waals surface area contributed by atoms with Crippen LogP contribution in [0.5, 0.6) is 0 Å². The van der Waals surface area contributed by atoms with Gasteiger partial charge in [0.15, 0.2) is 0 Å². The van der Waals surface area contributed by atoms with Crippen LogP contribution in [0.3, 0.4) is 0 Å². The fourth-order valence-corrected chi connectivity index (χ4v) is 0.609. The number of ketones is 1. The van der Waals surface area contributed by atoms with Crippen molar-refractivity contribution in [1.29, 1.82) is 0 Å². The Kier molecular flexibility index (Phi) is 4.73. The second kappa shape index (κ2) is 5.53. The molecular weight excluding hydrogens is 208 g/mol. The second-order valence-corrected chi connectivity index (χ2v) is 2.50. The van der Waals surface area contributed by atoms with E-state index in [2.05, 4.69) is 4.74 Å². The molecule has 0 saturated carbocycles. The van der Waals surface area contributed by atoms with Gasteiger partial charge in [-0.1, -0.05) is 0 Å². The molecule has 7 heteroatoms. The summed E-state index contributed by atoms with van der Waals surface area (Å²) in [4.78, 5) is 41.7. The van der Waals surface area contributed by atoms with E-state index in [-0.39, 0.29) is 6.08 Å². The number of rotatable bonds is 5. The Morgan fingerprint density at radius 3 is 2.07 bits per heavy atom. The van der Waals surface area contributed by atoms with Crippen LogP contribution in [0.4, 0.5) is 0 Å². The summed E-state index contributed by atoms with van der Waals surface area (Å²) in [5, 5.41) is 16.6. The first-order chi connectivity index (χ1) is 6.82. The number of aliphatic carboxylic acids is 2. The molecule has 0 radical (unpaired) electrons. The van der Waals surface area contributed by atoms with Crippen molar-refractivity contribution in [3.63, 3.8) is 0 Å². The van der Waals surface area contributed by atoms with Crippen molar-refractivity contribution in [2.24, 2.45) is 0 Å². The van der Waals surface area contributed by atoms with Gasteiger partial charge in [-0.3, -0.25) is 9.59 Å². The molecule has 82 valence electrons. The summed E-state index contributed by atoms with van der Waals surface area (Å²) in [6.07, 6.45) is -0.384. The zero-order chi connectivity index (χ0) is 12.0. The molecule has 0 aromatic carbocycles. The predicted molar refractivity (Wildman–Crippen MR) is 44.7 cm³/mol. The van der Waals surface area contributed by atoms with Crippen LogP contribution in [-0.2, 0) is 23.9 Å². The highest BCUT2D eigenvalue weighted by molar-refractivity contribution is 5.98. The number of carboxylic acid groups (broad SMARTS) is 2. The van der Waals surface area contributed by atoms with Crippen molar-refractivity contribution in [3.05, 3.63) is 11.8 Å². The third-order valence-corrected chi connectivity index (χ3v) is 1.08. The molecule has 0 bridgehead atoms. The standard InChI is InChI=1S/C8H8O7/c1-4(9)2-7(12)15-5(8(13)14)3-6(10)11/h3H,2H2,1H3,(H,10,11)(H,13,14)/b5-3+. The van der Waals surface area contributed by atoms with E-state index in [9.17, 15) is 19.2 Å². The molecule has 0 aliphatic carbocycles. The Hall–Kier alpha value is -2.18. The highest BCUT2D eigenvalue weighted by Gasteiger charge is 2.16. The topological polar surface area (TPSA) is 118 Å². The molecule has 0 heterocycles. The maximum atomic E-state index is 10.8. The van der Waals surface area contributed by atoms with Gasteiger partial charge in [-0.2, -0.15) is 0 Å². The zero-order valence-electron chi connectivity index (χ0n) is 7.72. The average Bonchev–Trinajstić information content (AvgIpc) is 1.99. The maximum absolute atomic E-state index is 10.8. The van der Waals surface area contributed by atoms with Crippen molar-refractivity contribution in [1.82, 2.24) is 0 Å². The number of carbonyl (C=O) groups is 4. The van der Waals surface area contributed by atoms with Crippen molar-refractivity contribution in [3.8, 4) is 0 Å². The lowest BCUT2D eigenvalue weighted by Crippen LogP contribution is -2.14. The molecule has 15 heavy (non-hydrogen) atoms. The summed E-state index contributed by atoms with van der Waals surface area (Å²) in [6.45, 7) is 1.11. The number of Topliss-reactive ketones (excluding diaryl/α,β-unsaturated/α-hetero) is 1. The summed E-state index contributed by atoms with van der Waals surface area (Å²) in [6, 6.07) is 0. The first-order valence-electron chi connectivity index (χ1n) is 3.71. The fraction of sp³-hybridized carbons (Fsp3) is 0.250. The molecule has 0 saturated heterocycles. The van der Waals surface area contributed by atoms with Gasteiger partial charge in [0.05, 0.1) is 6.08 Å². The minimum Gasteiger partial charge on any atom is -0.478 e. The van der Waals surface area contributed by atoms with Gasteiger partial charge in [0.1, 0.15) is 12.2 Å². The SMILES string of the molecule is CC(=O)CC(=O)O/C(=C/C(=O)O)C(=O)O. The summed E-state index contributed by atoms with van der Waals surface area (Å²) < 4.78 is 4.15. The van der Waals surface area contributed by atoms with Gasteiger partial charge in [0.2, 0.25) is 5.76 Å². The number of hydrogen-bond acceptors (Lipinski definition) is 5. The molecule has 0 aliphatic rings. The zero-order valence-corrected chi connectivity index (χ0v) is 7.72. The number of ether oxygens (including phenoxy) is 1. The first-order valence-corrected chi connectivity index (χ1v) is 3.71. The van der Waals surface area contributed by atoms with Gasteiger partial charge in [-0.15, -0.1) is 0 Å². The third-order valence-electron chi connectivity index (χ3n) is 1.08. The maximum Gasteiger partial charge on any atom is 0.372 e. The smallest absolute Gasteiger partial charge is 0.372 e. The molecule has 2 N–H and O–H groups in total. The van der Waals surface area contributed by atoms with Crippen LogP contribution in [0.2, 0.25) is 0 Å². The van der Waals surface area contributed by atoms with Gasteiger partial charge in [-0.25, -0.2) is 9.59 Å². The summed E-state index contributed by atoms with van der Waals surface area (Å²) in [7, 11) is 0. The molecule has 0 unspecified atom stereocenters. The molecule has 7 nitrogen and oxygen atoms in total. The van der Waals surface area contributed by atoms with Gasteiger partial charge in [0.25, 0.3) is 0 Å². The van der Waals surface area contributed by atoms with Crippen LogP contribution in [0.15, 0.2) is 11.8 Å². The molecule has 0 aromatic rings. The molecule has 0 amide bonds. The van der Waals surface area contributed by atoms with Crippen molar-refractivity contribution in [2.75, 3.05) is 0 Å². The Morgan fingerprint density at radius 1 is 1.20 bits per heavy atom. The molecular formula is C8H8O7. The molecule has 0 aromatic heterocycles. The minimum atomic E-state index is -1.70. The predicted octanol–water partition coefficient (Wildman–Crippen LogP) is -0.438. The Morgan fingerprint density at radius 2 is 1.73 bits per heavy atom. The monoisotopic (exact) mass is 216 g/mol. The molecule has 0 aliphatic heterocycles. The van der Waals surface area contributed by atoms with Crippen molar-refractivity contribution >= 4 is 23.7 Å². The van der Waals surface area contributed by atoms with Gasteiger partial charge >= 0.3 is 17.9 Å². The number of esters is 1. The number of carboxylic acids is 2. The largest absolute Gasteiger partial charge is 0.478 e. The normalized spacial score (nSPS) is 10.6. The molecule has 0 fully saturated rings. The molecule has 0 rings (SSSR count).